The molecule has 21 heavy (non-hydrogen) atoms. The van der Waals surface area contributed by atoms with E-state index in [0.29, 0.717) is 12.1 Å². The van der Waals surface area contributed by atoms with E-state index in [4.69, 9.17) is 28.9 Å². The Bertz CT molecular complexity index is 691. The molecule has 2 aromatic rings. The number of hydrogen-bond acceptors (Lipinski definition) is 2. The van der Waals surface area contributed by atoms with Gasteiger partial charge < -0.3 is 11.1 Å². The topological polar surface area (TPSA) is 55.1 Å². The molecule has 0 aromatic heterocycles. The summed E-state index contributed by atoms with van der Waals surface area (Å²) < 4.78 is 38.9. The summed E-state index contributed by atoms with van der Waals surface area (Å²) in [5, 5.41) is 2.34. The lowest BCUT2D eigenvalue weighted by Crippen LogP contribution is -2.13. The second-order valence-corrected chi connectivity index (χ2v) is 4.85. The van der Waals surface area contributed by atoms with Crippen LogP contribution in [0.4, 0.5) is 24.5 Å². The van der Waals surface area contributed by atoms with Gasteiger partial charge in [0.15, 0.2) is 17.5 Å². The van der Waals surface area contributed by atoms with Gasteiger partial charge in [-0.05, 0) is 12.1 Å². The smallest absolute Gasteiger partial charge is 0.255 e. The molecule has 3 N–H and O–H groups in total. The van der Waals surface area contributed by atoms with E-state index in [9.17, 15) is 18.0 Å². The zero-order chi connectivity index (χ0) is 15.7. The molecule has 0 saturated heterocycles. The Morgan fingerprint density at radius 1 is 1.05 bits per heavy atom. The lowest BCUT2D eigenvalue weighted by Gasteiger charge is -2.08. The van der Waals surface area contributed by atoms with Gasteiger partial charge in [-0.15, -0.1) is 0 Å². The number of rotatable bonds is 2. The Balaban J connectivity index is 2.30. The fourth-order valence-electron chi connectivity index (χ4n) is 1.57. The lowest BCUT2D eigenvalue weighted by molar-refractivity contribution is 0.102. The van der Waals surface area contributed by atoms with Crippen molar-refractivity contribution in [1.29, 1.82) is 0 Å². The van der Waals surface area contributed by atoms with Gasteiger partial charge in [0.05, 0.1) is 15.7 Å². The molecule has 0 radical (unpaired) electrons. The quantitative estimate of drug-likeness (QED) is 0.637. The third-order valence-corrected chi connectivity index (χ3v) is 3.38. The van der Waals surface area contributed by atoms with E-state index in [1.54, 1.807) is 0 Å². The molecular weight excluding hydrogens is 328 g/mol. The number of hydrogen-bond donors (Lipinski definition) is 2. The molecule has 0 fully saturated rings. The van der Waals surface area contributed by atoms with Crippen molar-refractivity contribution in [2.75, 3.05) is 11.1 Å². The molecule has 0 saturated carbocycles. The number of amides is 1. The van der Waals surface area contributed by atoms with Crippen LogP contribution in [0.15, 0.2) is 24.3 Å². The summed E-state index contributed by atoms with van der Waals surface area (Å²) in [7, 11) is 0. The molecule has 8 heteroatoms. The van der Waals surface area contributed by atoms with Crippen molar-refractivity contribution in [1.82, 2.24) is 0 Å². The van der Waals surface area contributed by atoms with Crippen LogP contribution in [0.2, 0.25) is 10.0 Å². The van der Waals surface area contributed by atoms with E-state index < -0.39 is 23.4 Å². The van der Waals surface area contributed by atoms with Crippen molar-refractivity contribution in [3.8, 4) is 0 Å². The van der Waals surface area contributed by atoms with Crippen molar-refractivity contribution in [2.45, 2.75) is 0 Å². The molecule has 2 aromatic carbocycles. The van der Waals surface area contributed by atoms with E-state index in [0.717, 1.165) is 0 Å². The predicted octanol–water partition coefficient (Wildman–Crippen LogP) is 4.25. The van der Waals surface area contributed by atoms with Crippen LogP contribution in [0.25, 0.3) is 0 Å². The Morgan fingerprint density at radius 2 is 1.62 bits per heavy atom. The second kappa shape index (κ2) is 5.83. The van der Waals surface area contributed by atoms with Gasteiger partial charge >= 0.3 is 0 Å². The van der Waals surface area contributed by atoms with Gasteiger partial charge in [-0.25, -0.2) is 13.2 Å². The number of halogens is 5. The van der Waals surface area contributed by atoms with Gasteiger partial charge in [0, 0.05) is 23.4 Å². The Kier molecular flexibility index (Phi) is 4.29. The average Bonchev–Trinajstić information content (AvgIpc) is 2.41. The van der Waals surface area contributed by atoms with Crippen molar-refractivity contribution < 1.29 is 18.0 Å². The minimum Gasteiger partial charge on any atom is -0.397 e. The Hall–Kier alpha value is -1.92. The largest absolute Gasteiger partial charge is 0.397 e. The summed E-state index contributed by atoms with van der Waals surface area (Å²) in [4.78, 5) is 11.9. The van der Waals surface area contributed by atoms with Crippen LogP contribution in [-0.4, -0.2) is 5.91 Å². The van der Waals surface area contributed by atoms with Gasteiger partial charge in [-0.1, -0.05) is 23.2 Å². The van der Waals surface area contributed by atoms with Gasteiger partial charge in [-0.2, -0.15) is 0 Å². The second-order valence-electron chi connectivity index (χ2n) is 4.07. The van der Waals surface area contributed by atoms with E-state index >= 15 is 0 Å². The highest BCUT2D eigenvalue weighted by atomic mass is 35.5. The highest BCUT2D eigenvalue weighted by molar-refractivity contribution is 6.44. The van der Waals surface area contributed by atoms with Gasteiger partial charge in [-0.3, -0.25) is 4.79 Å². The number of carbonyl (C=O) groups excluding carboxylic acids is 1. The van der Waals surface area contributed by atoms with Crippen molar-refractivity contribution >= 4 is 40.5 Å². The fraction of sp³-hybridized carbons (Fsp3) is 0. The number of benzene rings is 2. The molecular formula is C13H7Cl2F3N2O. The zero-order valence-corrected chi connectivity index (χ0v) is 11.7. The maximum absolute atomic E-state index is 13.0. The third-order valence-electron chi connectivity index (χ3n) is 2.56. The molecule has 0 heterocycles. The molecule has 0 spiro atoms. The van der Waals surface area contributed by atoms with E-state index in [2.05, 4.69) is 5.32 Å². The maximum atomic E-state index is 13.0. The summed E-state index contributed by atoms with van der Waals surface area (Å²) in [6, 6.07) is 3.79. The number of carbonyl (C=O) groups is 1. The number of nitrogens with one attached hydrogen (secondary N) is 1. The molecule has 3 nitrogen and oxygen atoms in total. The normalized spacial score (nSPS) is 10.5. The molecule has 0 aliphatic heterocycles. The molecule has 1 amide bonds. The first-order valence-corrected chi connectivity index (χ1v) is 6.25. The fourth-order valence-corrected chi connectivity index (χ4v) is 1.91. The highest BCUT2D eigenvalue weighted by Crippen LogP contribution is 2.29. The van der Waals surface area contributed by atoms with Crippen molar-refractivity contribution in [3.05, 3.63) is 57.3 Å². The summed E-state index contributed by atoms with van der Waals surface area (Å²) in [5.74, 6) is -5.18. The number of nitrogen functional groups attached to an aromatic ring is 1. The van der Waals surface area contributed by atoms with E-state index in [-0.39, 0.29) is 27.0 Å². The summed E-state index contributed by atoms with van der Waals surface area (Å²) in [6.07, 6.45) is 0. The molecule has 0 aliphatic carbocycles. The van der Waals surface area contributed by atoms with Gasteiger partial charge in [0.2, 0.25) is 0 Å². The van der Waals surface area contributed by atoms with Crippen LogP contribution >= 0.6 is 23.2 Å². The molecule has 0 bridgehead atoms. The Morgan fingerprint density at radius 3 is 2.14 bits per heavy atom. The van der Waals surface area contributed by atoms with Crippen LogP contribution in [0.3, 0.4) is 0 Å². The minimum absolute atomic E-state index is 0.0343. The van der Waals surface area contributed by atoms with Crippen molar-refractivity contribution in [3.63, 3.8) is 0 Å². The maximum Gasteiger partial charge on any atom is 0.255 e. The molecule has 0 aliphatic rings. The summed E-state index contributed by atoms with van der Waals surface area (Å²) in [5.41, 5.74) is 5.41. The SMILES string of the molecule is Nc1cc(C(=O)Nc2cc(F)c(F)c(F)c2)cc(Cl)c1Cl. The molecule has 0 atom stereocenters. The minimum atomic E-state index is -1.62. The summed E-state index contributed by atoms with van der Waals surface area (Å²) in [6.45, 7) is 0. The van der Waals surface area contributed by atoms with Crippen molar-refractivity contribution in [2.24, 2.45) is 0 Å². The highest BCUT2D eigenvalue weighted by Gasteiger charge is 2.15. The van der Waals surface area contributed by atoms with Crippen LogP contribution < -0.4 is 11.1 Å². The lowest BCUT2D eigenvalue weighted by atomic mass is 10.2. The zero-order valence-electron chi connectivity index (χ0n) is 10.2. The molecule has 2 rings (SSSR count). The van der Waals surface area contributed by atoms with Crippen LogP contribution in [-0.2, 0) is 0 Å². The third kappa shape index (κ3) is 3.22. The first-order chi connectivity index (χ1) is 9.79. The van der Waals surface area contributed by atoms with Gasteiger partial charge in [0.25, 0.3) is 5.91 Å². The monoisotopic (exact) mass is 334 g/mol. The molecule has 0 unspecified atom stereocenters. The Labute approximate surface area is 127 Å². The summed E-state index contributed by atoms with van der Waals surface area (Å²) >= 11 is 11.5. The number of nitrogens with two attached hydrogens (primary N) is 1. The first-order valence-electron chi connectivity index (χ1n) is 5.50. The first kappa shape index (κ1) is 15.5. The van der Waals surface area contributed by atoms with Crippen LogP contribution in [0.5, 0.6) is 0 Å². The molecule has 110 valence electrons. The predicted molar refractivity (Wildman–Crippen MR) is 75.1 cm³/mol. The average molecular weight is 335 g/mol. The van der Waals surface area contributed by atoms with E-state index in [1.807, 2.05) is 0 Å². The van der Waals surface area contributed by atoms with E-state index in [1.165, 1.54) is 12.1 Å². The number of anilines is 2. The van der Waals surface area contributed by atoms with Gasteiger partial charge in [0.1, 0.15) is 0 Å². The standard InChI is InChI=1S/C13H7Cl2F3N2O/c14-7-1-5(2-10(19)11(7)15)13(21)20-6-3-8(16)12(18)9(17)4-6/h1-4H,19H2,(H,20,21). The van der Waals surface area contributed by atoms with Crippen LogP contribution in [0, 0.1) is 17.5 Å². The van der Waals surface area contributed by atoms with Crippen LogP contribution in [0.1, 0.15) is 10.4 Å².